The molecule has 1 aliphatic rings. The van der Waals surface area contributed by atoms with Crippen molar-refractivity contribution in [1.29, 1.82) is 0 Å². The van der Waals surface area contributed by atoms with Crippen LogP contribution >= 0.6 is 0 Å². The standard InChI is InChI=1S/C9H11NO5S/c1-5-4-6(5)10-16(13,14)8-3-2-7(15-8)9(11)12/h2-3,5-6,10H,4H2,1H3,(H,11,12). The average Bonchev–Trinajstić information content (AvgIpc) is 2.71. The Morgan fingerprint density at radius 1 is 1.56 bits per heavy atom. The van der Waals surface area contributed by atoms with Crippen LogP contribution in [0.5, 0.6) is 0 Å². The number of carboxylic acids is 1. The number of aromatic carboxylic acids is 1. The van der Waals surface area contributed by atoms with Gasteiger partial charge in [0.15, 0.2) is 0 Å². The van der Waals surface area contributed by atoms with E-state index in [-0.39, 0.29) is 16.9 Å². The zero-order valence-electron chi connectivity index (χ0n) is 8.50. The summed E-state index contributed by atoms with van der Waals surface area (Å²) in [4.78, 5) is 10.5. The molecule has 6 nitrogen and oxygen atoms in total. The Balaban J connectivity index is 2.18. The van der Waals surface area contributed by atoms with E-state index < -0.39 is 16.0 Å². The molecule has 2 rings (SSSR count). The van der Waals surface area contributed by atoms with Crippen molar-refractivity contribution in [2.75, 3.05) is 0 Å². The molecule has 7 heteroatoms. The van der Waals surface area contributed by atoms with Gasteiger partial charge in [-0.25, -0.2) is 17.9 Å². The number of sulfonamides is 1. The molecule has 0 saturated heterocycles. The maximum atomic E-state index is 11.7. The summed E-state index contributed by atoms with van der Waals surface area (Å²) in [6.45, 7) is 1.93. The fourth-order valence-electron chi connectivity index (χ4n) is 1.32. The highest BCUT2D eigenvalue weighted by atomic mass is 32.2. The minimum atomic E-state index is -3.72. The van der Waals surface area contributed by atoms with Crippen LogP contribution in [-0.4, -0.2) is 25.5 Å². The Labute approximate surface area is 92.3 Å². The number of hydrogen-bond donors (Lipinski definition) is 2. The lowest BCUT2D eigenvalue weighted by atomic mass is 10.5. The maximum absolute atomic E-state index is 11.7. The van der Waals surface area contributed by atoms with E-state index in [0.29, 0.717) is 5.92 Å². The number of nitrogens with one attached hydrogen (secondary N) is 1. The van der Waals surface area contributed by atoms with E-state index >= 15 is 0 Å². The molecule has 0 aliphatic heterocycles. The fourth-order valence-corrected chi connectivity index (χ4v) is 2.61. The highest BCUT2D eigenvalue weighted by molar-refractivity contribution is 7.89. The van der Waals surface area contributed by atoms with Gasteiger partial charge in [0, 0.05) is 6.04 Å². The number of hydrogen-bond acceptors (Lipinski definition) is 4. The van der Waals surface area contributed by atoms with Crippen molar-refractivity contribution in [3.05, 3.63) is 17.9 Å². The third-order valence-corrected chi connectivity index (χ3v) is 3.84. The molecule has 1 aromatic heterocycles. The van der Waals surface area contributed by atoms with Crippen molar-refractivity contribution in [3.8, 4) is 0 Å². The van der Waals surface area contributed by atoms with Gasteiger partial charge in [0.1, 0.15) is 0 Å². The zero-order valence-corrected chi connectivity index (χ0v) is 9.32. The second-order valence-electron chi connectivity index (χ2n) is 3.86. The average molecular weight is 245 g/mol. The Morgan fingerprint density at radius 2 is 2.19 bits per heavy atom. The van der Waals surface area contributed by atoms with Gasteiger partial charge < -0.3 is 9.52 Å². The van der Waals surface area contributed by atoms with E-state index in [0.717, 1.165) is 18.6 Å². The van der Waals surface area contributed by atoms with E-state index in [2.05, 4.69) is 4.72 Å². The van der Waals surface area contributed by atoms with Gasteiger partial charge in [-0.1, -0.05) is 6.92 Å². The third-order valence-electron chi connectivity index (χ3n) is 2.47. The predicted molar refractivity (Wildman–Crippen MR) is 53.6 cm³/mol. The minimum Gasteiger partial charge on any atom is -0.475 e. The van der Waals surface area contributed by atoms with Crippen LogP contribution in [-0.2, 0) is 10.0 Å². The number of rotatable bonds is 4. The molecule has 0 spiro atoms. The van der Waals surface area contributed by atoms with E-state index in [1.807, 2.05) is 6.92 Å². The SMILES string of the molecule is CC1CC1NS(=O)(=O)c1ccc(C(=O)O)o1. The van der Waals surface area contributed by atoms with E-state index in [4.69, 9.17) is 9.52 Å². The molecule has 0 bridgehead atoms. The number of carboxylic acid groups (broad SMARTS) is 1. The summed E-state index contributed by atoms with van der Waals surface area (Å²) in [7, 11) is -3.72. The van der Waals surface area contributed by atoms with Crippen LogP contribution < -0.4 is 4.72 Å². The summed E-state index contributed by atoms with van der Waals surface area (Å²) >= 11 is 0. The lowest BCUT2D eigenvalue weighted by Gasteiger charge is -2.01. The maximum Gasteiger partial charge on any atom is 0.371 e. The molecule has 0 aromatic carbocycles. The van der Waals surface area contributed by atoms with Gasteiger partial charge >= 0.3 is 5.97 Å². The Morgan fingerprint density at radius 3 is 2.62 bits per heavy atom. The molecule has 1 fully saturated rings. The smallest absolute Gasteiger partial charge is 0.371 e. The second-order valence-corrected chi connectivity index (χ2v) is 5.51. The van der Waals surface area contributed by atoms with Crippen LogP contribution in [0.4, 0.5) is 0 Å². The molecule has 0 radical (unpaired) electrons. The first kappa shape index (κ1) is 11.2. The first-order valence-electron chi connectivity index (χ1n) is 4.75. The molecule has 88 valence electrons. The molecule has 2 atom stereocenters. The monoisotopic (exact) mass is 245 g/mol. The van der Waals surface area contributed by atoms with Crippen molar-refractivity contribution < 1.29 is 22.7 Å². The lowest BCUT2D eigenvalue weighted by Crippen LogP contribution is -2.26. The Hall–Kier alpha value is -1.34. The molecule has 2 N–H and O–H groups in total. The summed E-state index contributed by atoms with van der Waals surface area (Å²) < 4.78 is 30.5. The summed E-state index contributed by atoms with van der Waals surface area (Å²) in [5.41, 5.74) is 0. The van der Waals surface area contributed by atoms with Crippen LogP contribution in [0.15, 0.2) is 21.6 Å². The molecular weight excluding hydrogens is 234 g/mol. The van der Waals surface area contributed by atoms with Gasteiger partial charge in [-0.15, -0.1) is 0 Å². The summed E-state index contributed by atoms with van der Waals surface area (Å²) in [6.07, 6.45) is 0.797. The van der Waals surface area contributed by atoms with E-state index in [1.54, 1.807) is 0 Å². The van der Waals surface area contributed by atoms with Gasteiger partial charge in [0.05, 0.1) is 0 Å². The highest BCUT2D eigenvalue weighted by Gasteiger charge is 2.37. The number of furan rings is 1. The van der Waals surface area contributed by atoms with Crippen molar-refractivity contribution in [3.63, 3.8) is 0 Å². The van der Waals surface area contributed by atoms with Crippen LogP contribution in [0.3, 0.4) is 0 Å². The van der Waals surface area contributed by atoms with Crippen molar-refractivity contribution in [2.24, 2.45) is 5.92 Å². The Bertz CT molecular complexity index is 518. The van der Waals surface area contributed by atoms with Crippen molar-refractivity contribution >= 4 is 16.0 Å². The van der Waals surface area contributed by atoms with Gasteiger partial charge in [-0.3, -0.25) is 0 Å². The second kappa shape index (κ2) is 3.60. The lowest BCUT2D eigenvalue weighted by molar-refractivity contribution is 0.0656. The molecule has 16 heavy (non-hydrogen) atoms. The van der Waals surface area contributed by atoms with Gasteiger partial charge in [0.25, 0.3) is 10.0 Å². The summed E-state index contributed by atoms with van der Waals surface area (Å²) in [5.74, 6) is -1.35. The minimum absolute atomic E-state index is 0.0663. The van der Waals surface area contributed by atoms with E-state index in [9.17, 15) is 13.2 Å². The molecule has 0 amide bonds. The molecule has 1 heterocycles. The molecule has 1 aromatic rings. The Kier molecular flexibility index (Phi) is 2.51. The first-order valence-corrected chi connectivity index (χ1v) is 6.24. The fraction of sp³-hybridized carbons (Fsp3) is 0.444. The van der Waals surface area contributed by atoms with Crippen molar-refractivity contribution in [1.82, 2.24) is 4.72 Å². The quantitative estimate of drug-likeness (QED) is 0.812. The van der Waals surface area contributed by atoms with E-state index in [1.165, 1.54) is 0 Å². The predicted octanol–water partition coefficient (Wildman–Crippen LogP) is 0.665. The largest absolute Gasteiger partial charge is 0.475 e. The molecule has 1 saturated carbocycles. The summed E-state index contributed by atoms with van der Waals surface area (Å²) in [6, 6.07) is 2.19. The van der Waals surface area contributed by atoms with Gasteiger partial charge in [-0.05, 0) is 24.5 Å². The van der Waals surface area contributed by atoms with Gasteiger partial charge in [-0.2, -0.15) is 0 Å². The number of carbonyl (C=O) groups is 1. The first-order chi connectivity index (χ1) is 7.40. The van der Waals surface area contributed by atoms with Crippen LogP contribution in [0.2, 0.25) is 0 Å². The molecular formula is C9H11NO5S. The van der Waals surface area contributed by atoms with Crippen LogP contribution in [0.25, 0.3) is 0 Å². The van der Waals surface area contributed by atoms with Crippen molar-refractivity contribution in [2.45, 2.75) is 24.5 Å². The topological polar surface area (TPSA) is 96.6 Å². The van der Waals surface area contributed by atoms with Crippen LogP contribution in [0.1, 0.15) is 23.9 Å². The highest BCUT2D eigenvalue weighted by Crippen LogP contribution is 2.30. The zero-order chi connectivity index (χ0) is 11.9. The molecule has 1 aliphatic carbocycles. The normalized spacial score (nSPS) is 24.3. The third kappa shape index (κ3) is 2.10. The van der Waals surface area contributed by atoms with Gasteiger partial charge in [0.2, 0.25) is 10.9 Å². The molecule has 2 unspecified atom stereocenters. The van der Waals surface area contributed by atoms with Crippen LogP contribution in [0, 0.1) is 5.92 Å². The summed E-state index contributed by atoms with van der Waals surface area (Å²) in [5, 5.41) is 8.23.